The minimum absolute atomic E-state index is 0.0491. The standard InChI is InChI=1S/C62H107N2O6P/c1-6-8-10-12-14-16-18-19-20-21-22-23-24-25-26-27-28-29-30-31-32-33-34-35-36-37-38-39-40-41-42-43-44-45-46-48-50-52-54-56-62(66)63-60(59-70-71(67,68)69-58-57-64(3,4)5)61(65)55-53-51-49-47-17-15-13-11-9-7-2/h8-11,14,16-17,19-20,22-23,25-26,28-29,31-32,47,53,55,60-61,65H,6-7,12-13,15,18,21,24,27,30,33-46,48-52,54,56-59H2,1-5H3,(H-,63,66,67,68)/p+1/b10-8-,11-9+,16-14-,20-19-,23-22-,26-25-,29-28-,32-31-,47-17+,55-53+. The third-order valence-corrected chi connectivity index (χ3v) is 12.9. The average Bonchev–Trinajstić information content (AvgIpc) is 3.33. The second kappa shape index (κ2) is 51.8. The molecule has 0 aromatic heterocycles. The normalized spacial score (nSPS) is 14.9. The number of carbonyl (C=O) groups excluding carboxylic acids is 1. The first-order chi connectivity index (χ1) is 34.5. The van der Waals surface area contributed by atoms with E-state index >= 15 is 0 Å². The molecule has 1 amide bonds. The van der Waals surface area contributed by atoms with Crippen LogP contribution in [0.4, 0.5) is 0 Å². The summed E-state index contributed by atoms with van der Waals surface area (Å²) in [6, 6.07) is -0.873. The molecule has 0 aliphatic carbocycles. The molecule has 0 bridgehead atoms. The zero-order chi connectivity index (χ0) is 52.0. The summed E-state index contributed by atoms with van der Waals surface area (Å²) < 4.78 is 23.6. The van der Waals surface area contributed by atoms with Crippen LogP contribution in [0.1, 0.15) is 213 Å². The molecule has 9 heteroatoms. The first kappa shape index (κ1) is 67.9. The predicted molar refractivity (Wildman–Crippen MR) is 308 cm³/mol. The van der Waals surface area contributed by atoms with Crippen LogP contribution < -0.4 is 5.32 Å². The van der Waals surface area contributed by atoms with E-state index in [1.54, 1.807) is 6.08 Å². The van der Waals surface area contributed by atoms with E-state index in [1.807, 2.05) is 27.2 Å². The van der Waals surface area contributed by atoms with Crippen molar-refractivity contribution in [1.82, 2.24) is 5.32 Å². The SMILES string of the molecule is CC/C=C\C/C=C\C/C=C\C/C=C\C/C=C\C/C=C\C/C=C\CCCCCCCCCCCCCCCCCCCC(=O)NC(COP(=O)(O)OCC[N+](C)(C)C)C(O)/C=C/CC/C=C/CC/C=C/CC. The number of phosphoric acid groups is 1. The van der Waals surface area contributed by atoms with Crippen LogP contribution in [0.2, 0.25) is 0 Å². The summed E-state index contributed by atoms with van der Waals surface area (Å²) in [6.45, 7) is 4.53. The average molecular weight is 1010 g/mol. The van der Waals surface area contributed by atoms with Crippen molar-refractivity contribution in [3.63, 3.8) is 0 Å². The molecule has 0 aliphatic heterocycles. The summed E-state index contributed by atoms with van der Waals surface area (Å²) in [6.07, 6.45) is 77.6. The van der Waals surface area contributed by atoms with Crippen molar-refractivity contribution >= 4 is 13.7 Å². The Labute approximate surface area is 437 Å². The van der Waals surface area contributed by atoms with Crippen LogP contribution in [-0.2, 0) is 18.4 Å². The number of unbranched alkanes of at least 4 members (excludes halogenated alkanes) is 19. The molecule has 0 aliphatic rings. The maximum atomic E-state index is 12.9. The van der Waals surface area contributed by atoms with E-state index in [2.05, 4.69) is 129 Å². The molecular formula is C62H108N2O6P+. The lowest BCUT2D eigenvalue weighted by Gasteiger charge is -2.25. The van der Waals surface area contributed by atoms with Crippen LogP contribution >= 0.6 is 7.82 Å². The lowest BCUT2D eigenvalue weighted by atomic mass is 10.0. The molecule has 0 saturated carbocycles. The highest BCUT2D eigenvalue weighted by molar-refractivity contribution is 7.47. The van der Waals surface area contributed by atoms with E-state index in [0.717, 1.165) is 96.3 Å². The van der Waals surface area contributed by atoms with Gasteiger partial charge in [-0.15, -0.1) is 0 Å². The van der Waals surface area contributed by atoms with Crippen molar-refractivity contribution < 1.29 is 32.9 Å². The van der Waals surface area contributed by atoms with Gasteiger partial charge in [0.15, 0.2) is 0 Å². The quantitative estimate of drug-likeness (QED) is 0.0243. The number of rotatable bonds is 50. The molecule has 0 spiro atoms. The van der Waals surface area contributed by atoms with Crippen LogP contribution in [0.15, 0.2) is 122 Å². The number of carbonyl (C=O) groups is 1. The van der Waals surface area contributed by atoms with Gasteiger partial charge in [0.1, 0.15) is 13.2 Å². The number of aliphatic hydroxyl groups excluding tert-OH is 1. The zero-order valence-electron chi connectivity index (χ0n) is 46.2. The summed E-state index contributed by atoms with van der Waals surface area (Å²) in [5.41, 5.74) is 0. The highest BCUT2D eigenvalue weighted by atomic mass is 31.2. The van der Waals surface area contributed by atoms with Gasteiger partial charge in [-0.3, -0.25) is 13.8 Å². The first-order valence-corrected chi connectivity index (χ1v) is 29.9. The summed E-state index contributed by atoms with van der Waals surface area (Å²) in [4.78, 5) is 23.2. The molecule has 3 atom stereocenters. The summed E-state index contributed by atoms with van der Waals surface area (Å²) in [5.74, 6) is -0.197. The van der Waals surface area contributed by atoms with E-state index in [-0.39, 0.29) is 19.1 Å². The van der Waals surface area contributed by atoms with Gasteiger partial charge in [0, 0.05) is 6.42 Å². The Bertz CT molecular complexity index is 1560. The number of phosphoric ester groups is 1. The first-order valence-electron chi connectivity index (χ1n) is 28.4. The summed E-state index contributed by atoms with van der Waals surface area (Å²) in [7, 11) is 1.53. The number of allylic oxidation sites excluding steroid dienone is 19. The second-order valence-electron chi connectivity index (χ2n) is 19.9. The summed E-state index contributed by atoms with van der Waals surface area (Å²) >= 11 is 0. The Kier molecular flexibility index (Phi) is 49.5. The van der Waals surface area contributed by atoms with E-state index in [9.17, 15) is 19.4 Å². The van der Waals surface area contributed by atoms with E-state index in [1.165, 1.54) is 96.3 Å². The van der Waals surface area contributed by atoms with Gasteiger partial charge in [-0.1, -0.05) is 232 Å². The van der Waals surface area contributed by atoms with Crippen LogP contribution in [0.5, 0.6) is 0 Å². The molecule has 3 N–H and O–H groups in total. The van der Waals surface area contributed by atoms with E-state index in [4.69, 9.17) is 9.05 Å². The third-order valence-electron chi connectivity index (χ3n) is 11.9. The van der Waals surface area contributed by atoms with Crippen LogP contribution in [0.25, 0.3) is 0 Å². The molecule has 0 radical (unpaired) electrons. The lowest BCUT2D eigenvalue weighted by molar-refractivity contribution is -0.870. The number of likely N-dealkylation sites (N-methyl/N-ethyl adjacent to an activating group) is 1. The Morgan fingerprint density at radius 1 is 0.479 bits per heavy atom. The number of nitrogens with zero attached hydrogens (tertiary/aromatic N) is 1. The Balaban J connectivity index is 3.96. The highest BCUT2D eigenvalue weighted by Gasteiger charge is 2.27. The molecule has 0 fully saturated rings. The molecule has 71 heavy (non-hydrogen) atoms. The van der Waals surface area contributed by atoms with E-state index < -0.39 is 20.0 Å². The van der Waals surface area contributed by atoms with Crippen molar-refractivity contribution in [3.8, 4) is 0 Å². The molecular weight excluding hydrogens is 900 g/mol. The van der Waals surface area contributed by atoms with Crippen molar-refractivity contribution in [2.75, 3.05) is 40.9 Å². The van der Waals surface area contributed by atoms with Crippen molar-refractivity contribution in [2.45, 2.75) is 225 Å². The molecule has 0 saturated heterocycles. The highest BCUT2D eigenvalue weighted by Crippen LogP contribution is 2.43. The molecule has 3 unspecified atom stereocenters. The molecule has 0 rings (SSSR count). The van der Waals surface area contributed by atoms with Crippen molar-refractivity contribution in [1.29, 1.82) is 0 Å². The van der Waals surface area contributed by atoms with Crippen LogP contribution in [0.3, 0.4) is 0 Å². The molecule has 406 valence electrons. The monoisotopic (exact) mass is 1010 g/mol. The Morgan fingerprint density at radius 3 is 1.24 bits per heavy atom. The van der Waals surface area contributed by atoms with Gasteiger partial charge < -0.3 is 19.8 Å². The van der Waals surface area contributed by atoms with Crippen molar-refractivity contribution in [3.05, 3.63) is 122 Å². The fourth-order valence-electron chi connectivity index (χ4n) is 7.53. The minimum Gasteiger partial charge on any atom is -0.387 e. The van der Waals surface area contributed by atoms with Gasteiger partial charge in [-0.25, -0.2) is 4.57 Å². The lowest BCUT2D eigenvalue weighted by Crippen LogP contribution is -2.45. The number of aliphatic hydroxyl groups is 1. The third kappa shape index (κ3) is 54.5. The number of nitrogens with one attached hydrogen (secondary N) is 1. The number of hydrogen-bond acceptors (Lipinski definition) is 5. The largest absolute Gasteiger partial charge is 0.472 e. The number of amides is 1. The molecule has 8 nitrogen and oxygen atoms in total. The topological polar surface area (TPSA) is 105 Å². The zero-order valence-corrected chi connectivity index (χ0v) is 47.1. The van der Waals surface area contributed by atoms with Crippen LogP contribution in [-0.4, -0.2) is 73.4 Å². The number of quaternary nitrogens is 1. The van der Waals surface area contributed by atoms with Gasteiger partial charge in [0.2, 0.25) is 5.91 Å². The fraction of sp³-hybridized carbons (Fsp3) is 0.661. The maximum absolute atomic E-state index is 12.9. The van der Waals surface area contributed by atoms with Gasteiger partial charge in [-0.2, -0.15) is 0 Å². The van der Waals surface area contributed by atoms with Gasteiger partial charge in [-0.05, 0) is 96.3 Å². The van der Waals surface area contributed by atoms with E-state index in [0.29, 0.717) is 17.4 Å². The van der Waals surface area contributed by atoms with Gasteiger partial charge in [0.05, 0.1) is 39.9 Å². The van der Waals surface area contributed by atoms with Crippen molar-refractivity contribution in [2.24, 2.45) is 0 Å². The smallest absolute Gasteiger partial charge is 0.387 e. The fourth-order valence-corrected chi connectivity index (χ4v) is 8.27. The minimum atomic E-state index is -4.35. The van der Waals surface area contributed by atoms with Gasteiger partial charge >= 0.3 is 7.82 Å². The molecule has 0 aromatic carbocycles. The second-order valence-corrected chi connectivity index (χ2v) is 21.3. The number of hydrogen-bond donors (Lipinski definition) is 3. The van der Waals surface area contributed by atoms with Crippen LogP contribution in [0, 0.1) is 0 Å². The van der Waals surface area contributed by atoms with Gasteiger partial charge in [0.25, 0.3) is 0 Å². The summed E-state index contributed by atoms with van der Waals surface area (Å²) in [5, 5.41) is 13.8. The predicted octanol–water partition coefficient (Wildman–Crippen LogP) is 17.4. The molecule has 0 aromatic rings. The Hall–Kier alpha value is -3.10. The molecule has 0 heterocycles. The Morgan fingerprint density at radius 2 is 0.817 bits per heavy atom. The maximum Gasteiger partial charge on any atom is 0.472 e.